The standard InChI is InChI=1S/C16H21N3O2/c1-11-9-14(18-15(20)12-7-8-17-10-12)16(21)19(11)13-5-3-2-4-6-13/h2-6,11-12,14,17H,7-10H2,1H3,(H,18,20). The second kappa shape index (κ2) is 5.85. The fourth-order valence-corrected chi connectivity index (χ4v) is 3.19. The molecule has 3 atom stereocenters. The van der Waals surface area contributed by atoms with Crippen molar-refractivity contribution in [1.29, 1.82) is 0 Å². The molecule has 1 aromatic carbocycles. The summed E-state index contributed by atoms with van der Waals surface area (Å²) in [6, 6.07) is 9.34. The number of anilines is 1. The Morgan fingerprint density at radius 1 is 1.33 bits per heavy atom. The van der Waals surface area contributed by atoms with E-state index >= 15 is 0 Å². The molecule has 2 saturated heterocycles. The summed E-state index contributed by atoms with van der Waals surface area (Å²) in [5.41, 5.74) is 0.897. The van der Waals surface area contributed by atoms with Crippen molar-refractivity contribution < 1.29 is 9.59 Å². The third-order valence-electron chi connectivity index (χ3n) is 4.34. The van der Waals surface area contributed by atoms with Crippen LogP contribution in [-0.2, 0) is 9.59 Å². The summed E-state index contributed by atoms with van der Waals surface area (Å²) in [6.45, 7) is 3.61. The van der Waals surface area contributed by atoms with Gasteiger partial charge in [-0.15, -0.1) is 0 Å². The Morgan fingerprint density at radius 2 is 2.10 bits per heavy atom. The van der Waals surface area contributed by atoms with Gasteiger partial charge in [-0.2, -0.15) is 0 Å². The molecule has 0 saturated carbocycles. The van der Waals surface area contributed by atoms with Crippen molar-refractivity contribution in [3.63, 3.8) is 0 Å². The molecule has 2 aliphatic rings. The molecule has 5 heteroatoms. The van der Waals surface area contributed by atoms with Crippen LogP contribution in [-0.4, -0.2) is 37.0 Å². The van der Waals surface area contributed by atoms with Crippen molar-refractivity contribution in [3.05, 3.63) is 30.3 Å². The van der Waals surface area contributed by atoms with Crippen LogP contribution in [0, 0.1) is 5.92 Å². The molecule has 2 heterocycles. The van der Waals surface area contributed by atoms with Gasteiger partial charge in [0, 0.05) is 18.3 Å². The van der Waals surface area contributed by atoms with E-state index in [4.69, 9.17) is 0 Å². The number of para-hydroxylation sites is 1. The zero-order chi connectivity index (χ0) is 14.8. The number of hydrogen-bond acceptors (Lipinski definition) is 3. The lowest BCUT2D eigenvalue weighted by Crippen LogP contribution is -2.44. The largest absolute Gasteiger partial charge is 0.344 e. The van der Waals surface area contributed by atoms with Gasteiger partial charge in [-0.05, 0) is 38.4 Å². The van der Waals surface area contributed by atoms with Crippen LogP contribution in [0.1, 0.15) is 19.8 Å². The number of carbonyl (C=O) groups excluding carboxylic acids is 2. The van der Waals surface area contributed by atoms with E-state index in [0.29, 0.717) is 13.0 Å². The quantitative estimate of drug-likeness (QED) is 0.868. The maximum atomic E-state index is 12.6. The van der Waals surface area contributed by atoms with E-state index in [0.717, 1.165) is 18.7 Å². The Labute approximate surface area is 124 Å². The molecule has 0 spiro atoms. The van der Waals surface area contributed by atoms with E-state index < -0.39 is 6.04 Å². The SMILES string of the molecule is CC1CC(NC(=O)C2CCNC2)C(=O)N1c1ccccc1. The summed E-state index contributed by atoms with van der Waals surface area (Å²) in [7, 11) is 0. The van der Waals surface area contributed by atoms with E-state index in [1.54, 1.807) is 4.90 Å². The fourth-order valence-electron chi connectivity index (χ4n) is 3.19. The second-order valence-corrected chi connectivity index (χ2v) is 5.88. The van der Waals surface area contributed by atoms with E-state index in [-0.39, 0.29) is 23.8 Å². The molecule has 21 heavy (non-hydrogen) atoms. The molecule has 2 aliphatic heterocycles. The highest BCUT2D eigenvalue weighted by atomic mass is 16.2. The van der Waals surface area contributed by atoms with Crippen molar-refractivity contribution in [1.82, 2.24) is 10.6 Å². The van der Waals surface area contributed by atoms with Gasteiger partial charge in [-0.3, -0.25) is 9.59 Å². The minimum Gasteiger partial charge on any atom is -0.344 e. The number of benzene rings is 1. The van der Waals surface area contributed by atoms with Gasteiger partial charge in [0.1, 0.15) is 6.04 Å². The number of hydrogen-bond donors (Lipinski definition) is 2. The Kier molecular flexibility index (Phi) is 3.92. The Balaban J connectivity index is 1.68. The van der Waals surface area contributed by atoms with E-state index in [1.165, 1.54) is 0 Å². The molecule has 0 radical (unpaired) electrons. The van der Waals surface area contributed by atoms with Gasteiger partial charge in [0.05, 0.1) is 5.92 Å². The highest BCUT2D eigenvalue weighted by Crippen LogP contribution is 2.26. The third-order valence-corrected chi connectivity index (χ3v) is 4.34. The van der Waals surface area contributed by atoms with E-state index in [2.05, 4.69) is 10.6 Å². The molecule has 2 fully saturated rings. The topological polar surface area (TPSA) is 61.4 Å². The van der Waals surface area contributed by atoms with E-state index in [1.807, 2.05) is 37.3 Å². The molecule has 3 unspecified atom stereocenters. The summed E-state index contributed by atoms with van der Waals surface area (Å²) < 4.78 is 0. The normalized spacial score (nSPS) is 28.9. The lowest BCUT2D eigenvalue weighted by molar-refractivity contribution is -0.128. The van der Waals surface area contributed by atoms with Crippen LogP contribution in [0.4, 0.5) is 5.69 Å². The van der Waals surface area contributed by atoms with Crippen molar-refractivity contribution >= 4 is 17.5 Å². The molecule has 0 bridgehead atoms. The van der Waals surface area contributed by atoms with E-state index in [9.17, 15) is 9.59 Å². The molecular formula is C16H21N3O2. The van der Waals surface area contributed by atoms with Gasteiger partial charge >= 0.3 is 0 Å². The van der Waals surface area contributed by atoms with Crippen LogP contribution in [0.25, 0.3) is 0 Å². The predicted molar refractivity (Wildman–Crippen MR) is 80.9 cm³/mol. The Hall–Kier alpha value is -1.88. The smallest absolute Gasteiger partial charge is 0.249 e. The molecule has 1 aromatic rings. The average molecular weight is 287 g/mol. The lowest BCUT2D eigenvalue weighted by atomic mass is 10.1. The first kappa shape index (κ1) is 14.1. The van der Waals surface area contributed by atoms with Crippen molar-refractivity contribution in [2.24, 2.45) is 5.92 Å². The van der Waals surface area contributed by atoms with Gasteiger partial charge in [0.2, 0.25) is 11.8 Å². The molecular weight excluding hydrogens is 266 g/mol. The summed E-state index contributed by atoms with van der Waals surface area (Å²) in [5, 5.41) is 6.11. The average Bonchev–Trinajstić information content (AvgIpc) is 3.09. The van der Waals surface area contributed by atoms with Crippen LogP contribution < -0.4 is 15.5 Å². The Bertz CT molecular complexity index is 526. The maximum absolute atomic E-state index is 12.6. The van der Waals surface area contributed by atoms with Crippen LogP contribution in [0.15, 0.2) is 30.3 Å². The predicted octanol–water partition coefficient (Wildman–Crippen LogP) is 0.906. The maximum Gasteiger partial charge on any atom is 0.249 e. The van der Waals surface area contributed by atoms with Crippen molar-refractivity contribution in [2.45, 2.75) is 31.8 Å². The first-order chi connectivity index (χ1) is 10.2. The number of amides is 2. The zero-order valence-corrected chi connectivity index (χ0v) is 12.2. The van der Waals surface area contributed by atoms with Crippen molar-refractivity contribution in [2.75, 3.05) is 18.0 Å². The lowest BCUT2D eigenvalue weighted by Gasteiger charge is -2.21. The van der Waals surface area contributed by atoms with Gasteiger partial charge in [-0.25, -0.2) is 0 Å². The number of carbonyl (C=O) groups is 2. The minimum absolute atomic E-state index is 0.000427. The van der Waals surface area contributed by atoms with Crippen LogP contribution in [0.5, 0.6) is 0 Å². The summed E-state index contributed by atoms with van der Waals surface area (Å²) in [5.74, 6) is -0.00708. The monoisotopic (exact) mass is 287 g/mol. The van der Waals surface area contributed by atoms with Gasteiger partial charge < -0.3 is 15.5 Å². The first-order valence-corrected chi connectivity index (χ1v) is 7.56. The molecule has 0 aliphatic carbocycles. The van der Waals surface area contributed by atoms with Crippen molar-refractivity contribution in [3.8, 4) is 0 Å². The van der Waals surface area contributed by atoms with Gasteiger partial charge in [0.25, 0.3) is 0 Å². The summed E-state index contributed by atoms with van der Waals surface area (Å²) >= 11 is 0. The molecule has 2 amide bonds. The van der Waals surface area contributed by atoms with Crippen LogP contribution in [0.2, 0.25) is 0 Å². The Morgan fingerprint density at radius 3 is 2.76 bits per heavy atom. The van der Waals surface area contributed by atoms with Crippen LogP contribution >= 0.6 is 0 Å². The minimum atomic E-state index is -0.395. The van der Waals surface area contributed by atoms with Gasteiger partial charge in [0.15, 0.2) is 0 Å². The number of nitrogens with zero attached hydrogens (tertiary/aromatic N) is 1. The molecule has 3 rings (SSSR count). The molecule has 0 aromatic heterocycles. The number of nitrogens with one attached hydrogen (secondary N) is 2. The zero-order valence-electron chi connectivity index (χ0n) is 12.2. The first-order valence-electron chi connectivity index (χ1n) is 7.56. The molecule has 112 valence electrons. The molecule has 5 nitrogen and oxygen atoms in total. The number of rotatable bonds is 3. The highest BCUT2D eigenvalue weighted by molar-refractivity contribution is 6.02. The fraction of sp³-hybridized carbons (Fsp3) is 0.500. The second-order valence-electron chi connectivity index (χ2n) is 5.88. The van der Waals surface area contributed by atoms with Gasteiger partial charge in [-0.1, -0.05) is 18.2 Å². The summed E-state index contributed by atoms with van der Waals surface area (Å²) in [4.78, 5) is 26.5. The molecule has 2 N–H and O–H groups in total. The highest BCUT2D eigenvalue weighted by Gasteiger charge is 2.39. The third kappa shape index (κ3) is 2.78. The van der Waals surface area contributed by atoms with Crippen LogP contribution in [0.3, 0.4) is 0 Å². The summed E-state index contributed by atoms with van der Waals surface area (Å²) in [6.07, 6.45) is 1.52.